The van der Waals surface area contributed by atoms with Gasteiger partial charge in [0.05, 0.1) is 53.2 Å². The number of aliphatic hydroxyl groups excluding tert-OH is 1. The minimum atomic E-state index is -3.39. The number of aromatic nitrogens is 2. The summed E-state index contributed by atoms with van der Waals surface area (Å²) < 4.78 is 45.9. The Balaban J connectivity index is 1.47. The van der Waals surface area contributed by atoms with Crippen LogP contribution in [0.3, 0.4) is 0 Å². The van der Waals surface area contributed by atoms with E-state index in [1.54, 1.807) is 0 Å². The van der Waals surface area contributed by atoms with Crippen LogP contribution in [0.4, 0.5) is 21.7 Å². The molecule has 0 aliphatic carbocycles. The highest BCUT2D eigenvalue weighted by atomic mass is 35.5. The average Bonchev–Trinajstić information content (AvgIpc) is 3.13. The molecule has 4 heterocycles. The predicted molar refractivity (Wildman–Crippen MR) is 127 cm³/mol. The molecule has 0 saturated carbocycles. The molecule has 0 spiro atoms. The van der Waals surface area contributed by atoms with Crippen LogP contribution in [0.1, 0.15) is 20.3 Å². The number of nitrogens with zero attached hydrogens (tertiary/aromatic N) is 4. The second-order valence-electron chi connectivity index (χ2n) is 8.96. The molecule has 1 fully saturated rings. The largest absolute Gasteiger partial charge is 0.488 e. The Labute approximate surface area is 202 Å². The zero-order valence-corrected chi connectivity index (χ0v) is 20.5. The Kier molecular flexibility index (Phi) is 5.74. The third kappa shape index (κ3) is 3.92. The summed E-state index contributed by atoms with van der Waals surface area (Å²) in [5.41, 5.74) is 1.75. The molecule has 4 atom stereocenters. The number of β-amino-alcohol motifs (C(OH)–C–C–N with tert-alkyl or cyclic N) is 1. The molecule has 3 aliphatic rings. The summed E-state index contributed by atoms with van der Waals surface area (Å²) in [6, 6.07) is 0.952. The number of hydrogen-bond acceptors (Lipinski definition) is 9. The van der Waals surface area contributed by atoms with Crippen molar-refractivity contribution in [2.24, 2.45) is 0 Å². The van der Waals surface area contributed by atoms with Crippen molar-refractivity contribution < 1.29 is 22.7 Å². The highest BCUT2D eigenvalue weighted by molar-refractivity contribution is 7.88. The summed E-state index contributed by atoms with van der Waals surface area (Å²) in [6.45, 7) is 4.65. The van der Waals surface area contributed by atoms with Crippen LogP contribution in [-0.2, 0) is 10.0 Å². The van der Waals surface area contributed by atoms with Crippen LogP contribution >= 0.6 is 11.6 Å². The van der Waals surface area contributed by atoms with Gasteiger partial charge in [0.25, 0.3) is 0 Å². The first kappa shape index (κ1) is 23.3. The number of halogens is 2. The second kappa shape index (κ2) is 8.36. The molecule has 0 radical (unpaired) electrons. The fourth-order valence-electron chi connectivity index (χ4n) is 4.85. The Bertz CT molecular complexity index is 1250. The fraction of sp³-hybridized carbons (Fsp3) is 0.524. The van der Waals surface area contributed by atoms with Gasteiger partial charge in [-0.2, -0.15) is 4.31 Å². The first-order chi connectivity index (χ1) is 16.0. The van der Waals surface area contributed by atoms with E-state index in [2.05, 4.69) is 25.5 Å². The standard InChI is InChI=1S/C21H26ClFN6O4S/c1-10-9-33-20-12(6-14(23)18-19(20)29(10)11(2)25-18)17-13(22)7-24-21(27-17)26-15-4-5-28(8-16(15)30)34(3,31)32/h6-7,10-11,15-16,25,30H,4-5,8-9H2,1-3H3,(H,24,26,27)/t10?,11?,15-,16-/m1/s1. The molecule has 3 aliphatic heterocycles. The third-order valence-corrected chi connectivity index (χ3v) is 8.05. The van der Waals surface area contributed by atoms with Gasteiger partial charge in [-0.3, -0.25) is 0 Å². The van der Waals surface area contributed by atoms with Gasteiger partial charge in [-0.15, -0.1) is 0 Å². The second-order valence-corrected chi connectivity index (χ2v) is 11.4. The van der Waals surface area contributed by atoms with Crippen LogP contribution in [0.25, 0.3) is 11.3 Å². The molecule has 1 aromatic carbocycles. The van der Waals surface area contributed by atoms with Gasteiger partial charge < -0.3 is 25.4 Å². The summed E-state index contributed by atoms with van der Waals surface area (Å²) in [4.78, 5) is 10.8. The van der Waals surface area contributed by atoms with Gasteiger partial charge in [-0.1, -0.05) is 11.6 Å². The lowest BCUT2D eigenvalue weighted by molar-refractivity contribution is 0.0950. The van der Waals surface area contributed by atoms with Gasteiger partial charge in [-0.05, 0) is 26.3 Å². The monoisotopic (exact) mass is 512 g/mol. The number of nitrogens with one attached hydrogen (secondary N) is 2. The van der Waals surface area contributed by atoms with E-state index in [0.717, 1.165) is 6.26 Å². The van der Waals surface area contributed by atoms with Gasteiger partial charge in [-0.25, -0.2) is 22.8 Å². The Hall–Kier alpha value is -2.41. The lowest BCUT2D eigenvalue weighted by atomic mass is 10.0. The number of anilines is 3. The van der Waals surface area contributed by atoms with E-state index in [4.69, 9.17) is 16.3 Å². The zero-order valence-electron chi connectivity index (χ0n) is 18.9. The van der Waals surface area contributed by atoms with Crippen molar-refractivity contribution in [3.63, 3.8) is 0 Å². The number of hydrogen-bond donors (Lipinski definition) is 3. The smallest absolute Gasteiger partial charge is 0.223 e. The molecule has 0 bridgehead atoms. The summed E-state index contributed by atoms with van der Waals surface area (Å²) >= 11 is 6.43. The highest BCUT2D eigenvalue weighted by Crippen LogP contribution is 2.52. The van der Waals surface area contributed by atoms with Gasteiger partial charge >= 0.3 is 0 Å². The van der Waals surface area contributed by atoms with E-state index >= 15 is 4.39 Å². The summed E-state index contributed by atoms with van der Waals surface area (Å²) in [5, 5.41) is 17.0. The molecular formula is C21H26ClFN6O4S. The van der Waals surface area contributed by atoms with E-state index < -0.39 is 28.0 Å². The van der Waals surface area contributed by atoms with E-state index in [1.807, 2.05) is 13.8 Å². The SMILES string of the molecule is CC1COc2c(-c3nc(N[C@@H]4CCN(S(C)(=O)=O)C[C@H]4O)ncc3Cl)cc(F)c3c2N1C(C)N3. The van der Waals surface area contributed by atoms with Crippen molar-refractivity contribution in [1.82, 2.24) is 14.3 Å². The number of sulfonamides is 1. The number of piperidine rings is 1. The molecule has 1 saturated heterocycles. The summed E-state index contributed by atoms with van der Waals surface area (Å²) in [5.74, 6) is 0.254. The lowest BCUT2D eigenvalue weighted by Gasteiger charge is -2.36. The highest BCUT2D eigenvalue weighted by Gasteiger charge is 2.40. The van der Waals surface area contributed by atoms with Gasteiger partial charge in [0, 0.05) is 18.7 Å². The fourth-order valence-corrected chi connectivity index (χ4v) is 5.90. The van der Waals surface area contributed by atoms with Gasteiger partial charge in [0.2, 0.25) is 16.0 Å². The molecule has 34 heavy (non-hydrogen) atoms. The maximum absolute atomic E-state index is 15.1. The maximum Gasteiger partial charge on any atom is 0.223 e. The van der Waals surface area contributed by atoms with E-state index in [0.29, 0.717) is 41.4 Å². The predicted octanol–water partition coefficient (Wildman–Crippen LogP) is 2.10. The van der Waals surface area contributed by atoms with Crippen LogP contribution in [0.2, 0.25) is 5.02 Å². The Morgan fingerprint density at radius 2 is 2.15 bits per heavy atom. The molecule has 5 rings (SSSR count). The quantitative estimate of drug-likeness (QED) is 0.565. The molecule has 10 nitrogen and oxygen atoms in total. The lowest BCUT2D eigenvalue weighted by Crippen LogP contribution is -2.51. The topological polar surface area (TPSA) is 120 Å². The minimum absolute atomic E-state index is 0.0236. The summed E-state index contributed by atoms with van der Waals surface area (Å²) in [7, 11) is -3.39. The first-order valence-electron chi connectivity index (χ1n) is 11.0. The van der Waals surface area contributed by atoms with Crippen molar-refractivity contribution in [1.29, 1.82) is 0 Å². The van der Waals surface area contributed by atoms with E-state index in [-0.39, 0.29) is 36.3 Å². The van der Waals surface area contributed by atoms with Gasteiger partial charge in [0.1, 0.15) is 18.1 Å². The van der Waals surface area contributed by atoms with Gasteiger partial charge in [0.15, 0.2) is 5.75 Å². The summed E-state index contributed by atoms with van der Waals surface area (Å²) in [6.07, 6.45) is 1.86. The van der Waals surface area contributed by atoms with E-state index in [9.17, 15) is 13.5 Å². The molecule has 2 aromatic rings. The van der Waals surface area contributed by atoms with Crippen molar-refractivity contribution in [2.75, 3.05) is 41.5 Å². The third-order valence-electron chi connectivity index (χ3n) is 6.51. The molecular weight excluding hydrogens is 487 g/mol. The molecule has 3 N–H and O–H groups in total. The van der Waals surface area contributed by atoms with Crippen LogP contribution in [0.15, 0.2) is 12.3 Å². The average molecular weight is 513 g/mol. The minimum Gasteiger partial charge on any atom is -0.488 e. The van der Waals surface area contributed by atoms with E-state index in [1.165, 1.54) is 16.6 Å². The molecule has 2 unspecified atom stereocenters. The van der Waals surface area contributed by atoms with Crippen molar-refractivity contribution in [2.45, 2.75) is 44.6 Å². The van der Waals surface area contributed by atoms with Crippen LogP contribution in [0.5, 0.6) is 5.75 Å². The number of ether oxygens (including phenoxy) is 1. The van der Waals surface area contributed by atoms with Crippen molar-refractivity contribution in [3.8, 4) is 17.0 Å². The van der Waals surface area contributed by atoms with Crippen molar-refractivity contribution >= 4 is 38.9 Å². The van der Waals surface area contributed by atoms with Crippen molar-refractivity contribution in [3.05, 3.63) is 23.1 Å². The maximum atomic E-state index is 15.1. The van der Waals surface area contributed by atoms with Crippen LogP contribution in [-0.4, -0.2) is 78.1 Å². The molecule has 184 valence electrons. The molecule has 0 amide bonds. The van der Waals surface area contributed by atoms with Crippen LogP contribution < -0.4 is 20.3 Å². The number of benzene rings is 1. The zero-order chi connectivity index (χ0) is 24.4. The molecule has 1 aromatic heterocycles. The Morgan fingerprint density at radius 3 is 2.85 bits per heavy atom. The number of aliphatic hydroxyl groups is 1. The normalized spacial score (nSPS) is 26.6. The van der Waals surface area contributed by atoms with Crippen LogP contribution in [0, 0.1) is 5.82 Å². The Morgan fingerprint density at radius 1 is 1.38 bits per heavy atom. The number of rotatable bonds is 4. The molecule has 13 heteroatoms. The first-order valence-corrected chi connectivity index (χ1v) is 13.2.